The van der Waals surface area contributed by atoms with Gasteiger partial charge in [0.25, 0.3) is 0 Å². The van der Waals surface area contributed by atoms with Gasteiger partial charge in [-0.15, -0.1) is 0 Å². The van der Waals surface area contributed by atoms with Gasteiger partial charge in [-0.05, 0) is 12.3 Å². The summed E-state index contributed by atoms with van der Waals surface area (Å²) in [6, 6.07) is -0.749. The van der Waals surface area contributed by atoms with Crippen molar-refractivity contribution in [2.75, 3.05) is 13.1 Å². The molecule has 0 aromatic rings. The lowest BCUT2D eigenvalue weighted by Crippen LogP contribution is -2.47. The van der Waals surface area contributed by atoms with Crippen molar-refractivity contribution in [1.29, 1.82) is 0 Å². The molecule has 7 nitrogen and oxygen atoms in total. The lowest BCUT2D eigenvalue weighted by atomic mass is 10.0. The van der Waals surface area contributed by atoms with E-state index in [0.717, 1.165) is 0 Å². The average molecular weight is 271 g/mol. The van der Waals surface area contributed by atoms with Crippen molar-refractivity contribution in [2.45, 2.75) is 32.7 Å². The molecule has 0 aromatic carbocycles. The van der Waals surface area contributed by atoms with Gasteiger partial charge in [0.05, 0.1) is 12.3 Å². The molecule has 2 unspecified atom stereocenters. The Labute approximate surface area is 112 Å². The van der Waals surface area contributed by atoms with Crippen LogP contribution in [0.5, 0.6) is 0 Å². The second kappa shape index (κ2) is 6.40. The molecule has 1 aliphatic rings. The molecule has 1 saturated heterocycles. The molecule has 1 heterocycles. The summed E-state index contributed by atoms with van der Waals surface area (Å²) in [5.41, 5.74) is 5.20. The zero-order chi connectivity index (χ0) is 14.6. The first-order valence-corrected chi connectivity index (χ1v) is 6.37. The van der Waals surface area contributed by atoms with Gasteiger partial charge in [0, 0.05) is 19.1 Å². The van der Waals surface area contributed by atoms with Gasteiger partial charge in [-0.3, -0.25) is 9.59 Å². The maximum Gasteiger partial charge on any atom is 0.317 e. The molecule has 108 valence electrons. The summed E-state index contributed by atoms with van der Waals surface area (Å²) in [6.07, 6.45) is 0.449. The lowest BCUT2D eigenvalue weighted by molar-refractivity contribution is -0.137. The van der Waals surface area contributed by atoms with Crippen LogP contribution >= 0.6 is 0 Å². The minimum Gasteiger partial charge on any atom is -0.481 e. The number of carbonyl (C=O) groups is 3. The highest BCUT2D eigenvalue weighted by Gasteiger charge is 2.31. The standard InChI is InChI=1S/C12H21N3O4/c1-7(2)9(5-10(16)17)14-12(19)15-4-3-8(6-15)11(13)18/h7-9H,3-6H2,1-2H3,(H2,13,18)(H,14,19)(H,16,17). The van der Waals surface area contributed by atoms with Crippen molar-refractivity contribution in [3.8, 4) is 0 Å². The second-order valence-corrected chi connectivity index (χ2v) is 5.23. The third-order valence-electron chi connectivity index (χ3n) is 3.39. The molecule has 0 bridgehead atoms. The number of carbonyl (C=O) groups excluding carboxylic acids is 2. The largest absolute Gasteiger partial charge is 0.481 e. The van der Waals surface area contributed by atoms with E-state index >= 15 is 0 Å². The predicted molar refractivity (Wildman–Crippen MR) is 68.3 cm³/mol. The van der Waals surface area contributed by atoms with Gasteiger partial charge >= 0.3 is 12.0 Å². The van der Waals surface area contributed by atoms with Crippen LogP contribution in [0.1, 0.15) is 26.7 Å². The summed E-state index contributed by atoms with van der Waals surface area (Å²) >= 11 is 0. The van der Waals surface area contributed by atoms with E-state index in [1.165, 1.54) is 4.90 Å². The highest BCUT2D eigenvalue weighted by atomic mass is 16.4. The number of nitrogens with zero attached hydrogens (tertiary/aromatic N) is 1. The fraction of sp³-hybridized carbons (Fsp3) is 0.750. The number of hydrogen-bond acceptors (Lipinski definition) is 3. The van der Waals surface area contributed by atoms with Crippen molar-refractivity contribution < 1.29 is 19.5 Å². The Morgan fingerprint density at radius 2 is 2.05 bits per heavy atom. The Balaban J connectivity index is 2.53. The van der Waals surface area contributed by atoms with Gasteiger partial charge in [-0.25, -0.2) is 4.79 Å². The summed E-state index contributed by atoms with van der Waals surface area (Å²) in [5, 5.41) is 11.5. The fourth-order valence-corrected chi connectivity index (χ4v) is 2.07. The molecule has 3 amide bonds. The number of nitrogens with one attached hydrogen (secondary N) is 1. The SMILES string of the molecule is CC(C)C(CC(=O)O)NC(=O)N1CCC(C(N)=O)C1. The van der Waals surface area contributed by atoms with Gasteiger partial charge in [-0.2, -0.15) is 0 Å². The number of aliphatic carboxylic acids is 1. The normalized spacial score (nSPS) is 20.4. The maximum absolute atomic E-state index is 12.0. The lowest BCUT2D eigenvalue weighted by Gasteiger charge is -2.24. The van der Waals surface area contributed by atoms with Crippen molar-refractivity contribution >= 4 is 17.9 Å². The Morgan fingerprint density at radius 1 is 1.42 bits per heavy atom. The van der Waals surface area contributed by atoms with Crippen LogP contribution in [-0.4, -0.2) is 47.0 Å². The van der Waals surface area contributed by atoms with E-state index < -0.39 is 17.9 Å². The van der Waals surface area contributed by atoms with Crippen molar-refractivity contribution in [1.82, 2.24) is 10.2 Å². The third-order valence-corrected chi connectivity index (χ3v) is 3.39. The van der Waals surface area contributed by atoms with Crippen molar-refractivity contribution in [3.63, 3.8) is 0 Å². The van der Waals surface area contributed by atoms with Gasteiger partial charge in [0.1, 0.15) is 0 Å². The maximum atomic E-state index is 12.0. The molecule has 0 radical (unpaired) electrons. The monoisotopic (exact) mass is 271 g/mol. The first-order valence-electron chi connectivity index (χ1n) is 6.37. The number of likely N-dealkylation sites (tertiary alicyclic amines) is 1. The molecule has 19 heavy (non-hydrogen) atoms. The first-order chi connectivity index (χ1) is 8.81. The number of nitrogens with two attached hydrogens (primary N) is 1. The van der Waals surface area contributed by atoms with Gasteiger partial charge < -0.3 is 21.1 Å². The average Bonchev–Trinajstić information content (AvgIpc) is 2.76. The van der Waals surface area contributed by atoms with E-state index in [0.29, 0.717) is 19.5 Å². The topological polar surface area (TPSA) is 113 Å². The molecule has 0 aliphatic carbocycles. The summed E-state index contributed by atoms with van der Waals surface area (Å²) in [7, 11) is 0. The van der Waals surface area contributed by atoms with Gasteiger partial charge in [-0.1, -0.05) is 13.8 Å². The van der Waals surface area contributed by atoms with Gasteiger partial charge in [0.2, 0.25) is 5.91 Å². The minimum absolute atomic E-state index is 0.0228. The van der Waals surface area contributed by atoms with Gasteiger partial charge in [0.15, 0.2) is 0 Å². The Bertz CT molecular complexity index is 370. The minimum atomic E-state index is -0.949. The first kappa shape index (κ1) is 15.3. The number of primary amides is 1. The number of hydrogen-bond donors (Lipinski definition) is 3. The van der Waals surface area contributed by atoms with Crippen LogP contribution in [0.15, 0.2) is 0 Å². The summed E-state index contributed by atoms with van der Waals surface area (Å²) in [6.45, 7) is 4.48. The van der Waals surface area contributed by atoms with Crippen LogP contribution in [0.3, 0.4) is 0 Å². The molecule has 7 heteroatoms. The predicted octanol–water partition coefficient (Wildman–Crippen LogP) is 0.00250. The molecular weight excluding hydrogens is 250 g/mol. The van der Waals surface area contributed by atoms with E-state index in [2.05, 4.69) is 5.32 Å². The summed E-state index contributed by atoms with van der Waals surface area (Å²) in [4.78, 5) is 35.3. The fourth-order valence-electron chi connectivity index (χ4n) is 2.07. The molecular formula is C12H21N3O4. The summed E-state index contributed by atoms with van der Waals surface area (Å²) in [5.74, 6) is -1.63. The van der Waals surface area contributed by atoms with E-state index in [4.69, 9.17) is 10.8 Å². The van der Waals surface area contributed by atoms with Crippen LogP contribution < -0.4 is 11.1 Å². The Hall–Kier alpha value is -1.79. The zero-order valence-corrected chi connectivity index (χ0v) is 11.3. The highest BCUT2D eigenvalue weighted by molar-refractivity contribution is 5.80. The van der Waals surface area contributed by atoms with Crippen LogP contribution in [0, 0.1) is 11.8 Å². The zero-order valence-electron chi connectivity index (χ0n) is 11.3. The van der Waals surface area contributed by atoms with Crippen molar-refractivity contribution in [2.24, 2.45) is 17.6 Å². The van der Waals surface area contributed by atoms with E-state index in [-0.39, 0.29) is 24.3 Å². The molecule has 0 saturated carbocycles. The number of amides is 3. The van der Waals surface area contributed by atoms with E-state index in [1.54, 1.807) is 0 Å². The summed E-state index contributed by atoms with van der Waals surface area (Å²) < 4.78 is 0. The molecule has 0 aromatic heterocycles. The van der Waals surface area contributed by atoms with Crippen LogP contribution in [-0.2, 0) is 9.59 Å². The number of rotatable bonds is 5. The molecule has 1 rings (SSSR count). The number of urea groups is 1. The molecule has 4 N–H and O–H groups in total. The van der Waals surface area contributed by atoms with Crippen LogP contribution in [0.25, 0.3) is 0 Å². The van der Waals surface area contributed by atoms with E-state index in [1.807, 2.05) is 13.8 Å². The molecule has 0 spiro atoms. The van der Waals surface area contributed by atoms with Crippen LogP contribution in [0.2, 0.25) is 0 Å². The van der Waals surface area contributed by atoms with Crippen LogP contribution in [0.4, 0.5) is 4.79 Å². The molecule has 1 fully saturated rings. The number of carboxylic acid groups (broad SMARTS) is 1. The Kier molecular flexibility index (Phi) is 5.14. The molecule has 2 atom stereocenters. The van der Waals surface area contributed by atoms with E-state index in [9.17, 15) is 14.4 Å². The Morgan fingerprint density at radius 3 is 2.47 bits per heavy atom. The number of carboxylic acids is 1. The smallest absolute Gasteiger partial charge is 0.317 e. The van der Waals surface area contributed by atoms with Crippen molar-refractivity contribution in [3.05, 3.63) is 0 Å². The quantitative estimate of drug-likeness (QED) is 0.653. The highest BCUT2D eigenvalue weighted by Crippen LogP contribution is 2.16. The second-order valence-electron chi connectivity index (χ2n) is 5.23. The third kappa shape index (κ3) is 4.42. The molecule has 1 aliphatic heterocycles.